The van der Waals surface area contributed by atoms with Crippen LogP contribution in [0.15, 0.2) is 21.2 Å². The Balaban J connectivity index is 0.000000450. The first-order valence-electron chi connectivity index (χ1n) is 13.9. The molecule has 2 N–H and O–H groups in total. The molecule has 12 nitrogen and oxygen atoms in total. The number of rotatable bonds is 9. The highest BCUT2D eigenvalue weighted by Crippen LogP contribution is 2.29. The number of hydrogen-bond acceptors (Lipinski definition) is 10. The largest absolute Gasteiger partial charge is 0.402 e. The maximum absolute atomic E-state index is 12.4. The van der Waals surface area contributed by atoms with Crippen LogP contribution in [0.5, 0.6) is 0 Å². The van der Waals surface area contributed by atoms with Gasteiger partial charge in [-0.2, -0.15) is 13.2 Å². The van der Waals surface area contributed by atoms with Crippen molar-refractivity contribution in [2.75, 3.05) is 22.1 Å². The third-order valence-corrected chi connectivity index (χ3v) is 11.8. The van der Waals surface area contributed by atoms with Crippen LogP contribution in [0.25, 0.3) is 0 Å². The Kier molecular flexibility index (Phi) is 11.9. The number of carbonyl (C=O) groups is 2. The van der Waals surface area contributed by atoms with Gasteiger partial charge in [-0.15, -0.1) is 0 Å². The van der Waals surface area contributed by atoms with Crippen molar-refractivity contribution in [1.82, 2.24) is 10.3 Å². The molecule has 2 amide bonds. The van der Waals surface area contributed by atoms with E-state index in [1.54, 1.807) is 19.9 Å². The van der Waals surface area contributed by atoms with Gasteiger partial charge in [-0.3, -0.25) is 9.59 Å². The minimum Gasteiger partial charge on any atom is -0.359 e. The van der Waals surface area contributed by atoms with Crippen LogP contribution in [0.1, 0.15) is 94.6 Å². The van der Waals surface area contributed by atoms with Gasteiger partial charge in [0.2, 0.25) is 11.8 Å². The van der Waals surface area contributed by atoms with Crippen LogP contribution in [-0.2, 0) is 40.1 Å². The van der Waals surface area contributed by atoms with Crippen molar-refractivity contribution in [3.05, 3.63) is 23.7 Å². The Hall–Kier alpha value is -2.95. The molecule has 0 saturated carbocycles. The number of sulfone groups is 2. The van der Waals surface area contributed by atoms with Crippen LogP contribution in [0.4, 0.5) is 24.8 Å². The molecule has 0 saturated heterocycles. The van der Waals surface area contributed by atoms with E-state index in [9.17, 15) is 39.6 Å². The molecule has 258 valence electrons. The molecule has 0 fully saturated rings. The summed E-state index contributed by atoms with van der Waals surface area (Å²) in [7, 11) is -8.32. The lowest BCUT2D eigenvalue weighted by atomic mass is 9.93. The fourth-order valence-electron chi connectivity index (χ4n) is 3.23. The number of carbonyl (C=O) groups excluding carboxylic acids is 2. The molecule has 2 aromatic rings. The Morgan fingerprint density at radius 2 is 1.04 bits per heavy atom. The maximum Gasteiger partial charge on any atom is 0.402 e. The van der Waals surface area contributed by atoms with Gasteiger partial charge in [0.05, 0.1) is 5.75 Å². The lowest BCUT2D eigenvalue weighted by molar-refractivity contribution is -0.119. The summed E-state index contributed by atoms with van der Waals surface area (Å²) in [6, 6.07) is 3.01. The SMILES string of the molecule is CC(C)(C)c1cc(NC(=O)C(C)(C)S(=O)(=O)CC(F)(F)F)no1.CC(C)CS(=O)(=O)C(C)(C)C(=O)Nc1cc(C(C)(C)C)on1. The van der Waals surface area contributed by atoms with Crippen molar-refractivity contribution in [3.63, 3.8) is 0 Å². The van der Waals surface area contributed by atoms with Crippen LogP contribution < -0.4 is 10.6 Å². The monoisotopic (exact) mass is 686 g/mol. The number of nitrogens with one attached hydrogen (secondary N) is 2. The van der Waals surface area contributed by atoms with E-state index < -0.39 is 58.3 Å². The molecule has 0 aliphatic rings. The average molecular weight is 687 g/mol. The molecule has 45 heavy (non-hydrogen) atoms. The Morgan fingerprint density at radius 3 is 1.31 bits per heavy atom. The Bertz CT molecular complexity index is 1560. The lowest BCUT2D eigenvalue weighted by Crippen LogP contribution is -2.48. The third-order valence-electron chi connectivity index (χ3n) is 6.54. The van der Waals surface area contributed by atoms with E-state index in [4.69, 9.17) is 9.05 Å². The smallest absolute Gasteiger partial charge is 0.359 e. The van der Waals surface area contributed by atoms with Gasteiger partial charge in [-0.1, -0.05) is 65.7 Å². The first-order valence-corrected chi connectivity index (χ1v) is 17.2. The first-order chi connectivity index (χ1) is 19.8. The predicted octanol–water partition coefficient (Wildman–Crippen LogP) is 5.43. The number of amides is 2. The standard InChI is InChI=1S/C15H26N2O4S.C13H19F3N2O4S/c1-10(2)9-22(19,20)15(6,7)13(18)16-12-8-11(21-17-12)14(3,4)5;1-11(2,3)8-6-9(18-22-8)17-10(19)12(4,5)23(20,21)7-13(14,15)16/h8,10H,9H2,1-7H3,(H,16,17,18);6H,7H2,1-5H3,(H,17,18,19). The first kappa shape index (κ1) is 40.1. The van der Waals surface area contributed by atoms with Gasteiger partial charge in [-0.25, -0.2) is 16.8 Å². The number of alkyl halides is 3. The second kappa shape index (κ2) is 13.4. The van der Waals surface area contributed by atoms with Crippen molar-refractivity contribution >= 4 is 43.1 Å². The van der Waals surface area contributed by atoms with Gasteiger partial charge < -0.3 is 19.7 Å². The minimum absolute atomic E-state index is 0.0422. The highest BCUT2D eigenvalue weighted by atomic mass is 32.2. The molecule has 0 aliphatic heterocycles. The molecule has 0 atom stereocenters. The van der Waals surface area contributed by atoms with E-state index in [1.165, 1.54) is 19.9 Å². The van der Waals surface area contributed by atoms with Crippen molar-refractivity contribution < 1.29 is 48.6 Å². The summed E-state index contributed by atoms with van der Waals surface area (Å²) in [5.41, 5.74) is -0.636. The number of hydrogen-bond donors (Lipinski definition) is 2. The van der Waals surface area contributed by atoms with Crippen molar-refractivity contribution in [3.8, 4) is 0 Å². The van der Waals surface area contributed by atoms with Crippen molar-refractivity contribution in [1.29, 1.82) is 0 Å². The summed E-state index contributed by atoms with van der Waals surface area (Å²) in [5, 5.41) is 12.1. The fraction of sp³-hybridized carbons (Fsp3) is 0.714. The Labute approximate surface area is 263 Å². The number of anilines is 2. The Morgan fingerprint density at radius 1 is 0.711 bits per heavy atom. The zero-order chi connectivity index (χ0) is 35.6. The molecule has 0 unspecified atom stereocenters. The van der Waals surface area contributed by atoms with Gasteiger partial charge >= 0.3 is 6.18 Å². The van der Waals surface area contributed by atoms with Gasteiger partial charge in [0.15, 0.2) is 31.3 Å². The van der Waals surface area contributed by atoms with Crippen LogP contribution in [0.3, 0.4) is 0 Å². The van der Waals surface area contributed by atoms with Gasteiger partial charge in [0.25, 0.3) is 0 Å². The normalized spacial score (nSPS) is 13.7. The molecule has 0 aliphatic carbocycles. The van der Waals surface area contributed by atoms with Crippen LogP contribution in [-0.4, -0.2) is 66.1 Å². The summed E-state index contributed by atoms with van der Waals surface area (Å²) in [4.78, 5) is 24.4. The average Bonchev–Trinajstić information content (AvgIpc) is 3.46. The van der Waals surface area contributed by atoms with Gasteiger partial charge in [0, 0.05) is 23.0 Å². The van der Waals surface area contributed by atoms with E-state index >= 15 is 0 Å². The highest BCUT2D eigenvalue weighted by Gasteiger charge is 2.48. The van der Waals surface area contributed by atoms with E-state index in [0.29, 0.717) is 11.5 Å². The summed E-state index contributed by atoms with van der Waals surface area (Å²) in [6.07, 6.45) is -4.93. The summed E-state index contributed by atoms with van der Waals surface area (Å²) in [6.45, 7) is 19.6. The number of nitrogens with zero attached hydrogens (tertiary/aromatic N) is 2. The lowest BCUT2D eigenvalue weighted by Gasteiger charge is -2.24. The predicted molar refractivity (Wildman–Crippen MR) is 164 cm³/mol. The maximum atomic E-state index is 12.4. The van der Waals surface area contributed by atoms with E-state index in [-0.39, 0.29) is 28.7 Å². The molecule has 0 radical (unpaired) electrons. The van der Waals surface area contributed by atoms with Gasteiger partial charge in [-0.05, 0) is 33.6 Å². The molecule has 0 aromatic carbocycles. The van der Waals surface area contributed by atoms with E-state index in [1.807, 2.05) is 41.5 Å². The molecule has 17 heteroatoms. The van der Waals surface area contributed by atoms with Crippen molar-refractivity contribution in [2.45, 2.75) is 110 Å². The highest BCUT2D eigenvalue weighted by molar-refractivity contribution is 7.93. The quantitative estimate of drug-likeness (QED) is 0.346. The number of aromatic nitrogens is 2. The molecular weight excluding hydrogens is 641 g/mol. The zero-order valence-corrected chi connectivity index (χ0v) is 29.4. The van der Waals surface area contributed by atoms with Crippen LogP contribution in [0.2, 0.25) is 0 Å². The van der Waals surface area contributed by atoms with Crippen LogP contribution >= 0.6 is 0 Å². The summed E-state index contributed by atoms with van der Waals surface area (Å²) >= 11 is 0. The second-order valence-corrected chi connectivity index (χ2v) is 19.3. The molecule has 2 heterocycles. The zero-order valence-electron chi connectivity index (χ0n) is 27.8. The molecular formula is C28H45F3N4O8S2. The second-order valence-electron chi connectivity index (χ2n) is 14.1. The van der Waals surface area contributed by atoms with E-state index in [2.05, 4.69) is 20.9 Å². The fourth-order valence-corrected chi connectivity index (χ4v) is 5.99. The number of halogens is 3. The minimum atomic E-state index is -4.93. The van der Waals surface area contributed by atoms with Crippen molar-refractivity contribution in [2.24, 2.45) is 5.92 Å². The summed E-state index contributed by atoms with van der Waals surface area (Å²) < 4.78 is 91.9. The molecule has 2 aromatic heterocycles. The van der Waals surface area contributed by atoms with Crippen LogP contribution in [0, 0.1) is 5.92 Å². The summed E-state index contributed by atoms with van der Waals surface area (Å²) in [5.74, 6) is -2.67. The molecule has 0 spiro atoms. The van der Waals surface area contributed by atoms with E-state index in [0.717, 1.165) is 13.8 Å². The molecule has 0 bridgehead atoms. The van der Waals surface area contributed by atoms with Gasteiger partial charge in [0.1, 0.15) is 26.8 Å². The topological polar surface area (TPSA) is 179 Å². The molecule has 2 rings (SSSR count). The third kappa shape index (κ3) is 10.8.